The molecule has 1 nitrogen and oxygen atoms in total. The summed E-state index contributed by atoms with van der Waals surface area (Å²) in [5.41, 5.74) is 7.99. The number of hydrogen-bond donors (Lipinski definition) is 1. The second-order valence-corrected chi connectivity index (χ2v) is 6.09. The fourth-order valence-electron chi connectivity index (χ4n) is 2.48. The zero-order valence-electron chi connectivity index (χ0n) is 11.0. The summed E-state index contributed by atoms with van der Waals surface area (Å²) < 4.78 is 14.3. The van der Waals surface area contributed by atoms with Gasteiger partial charge in [-0.3, -0.25) is 0 Å². The van der Waals surface area contributed by atoms with Crippen molar-refractivity contribution < 1.29 is 4.39 Å². The van der Waals surface area contributed by atoms with E-state index in [4.69, 9.17) is 17.3 Å². The van der Waals surface area contributed by atoms with Crippen LogP contribution in [0.4, 0.5) is 4.39 Å². The Hall–Kier alpha value is -1.42. The van der Waals surface area contributed by atoms with Crippen LogP contribution in [0.1, 0.15) is 17.2 Å². The van der Waals surface area contributed by atoms with Crippen molar-refractivity contribution in [3.8, 4) is 0 Å². The number of fused-ring (bicyclic) bond motifs is 1. The van der Waals surface area contributed by atoms with Gasteiger partial charge in [0.2, 0.25) is 0 Å². The second kappa shape index (κ2) is 5.76. The Labute approximate surface area is 135 Å². The molecule has 0 aromatic heterocycles. The first kappa shape index (κ1) is 14.5. The third-order valence-electron chi connectivity index (χ3n) is 3.53. The third-order valence-corrected chi connectivity index (χ3v) is 4.58. The molecular weight excluding hydrogens is 353 g/mol. The molecule has 0 heterocycles. The van der Waals surface area contributed by atoms with E-state index in [1.807, 2.05) is 36.4 Å². The summed E-state index contributed by atoms with van der Waals surface area (Å²) in [6, 6.07) is 15.6. The van der Waals surface area contributed by atoms with E-state index >= 15 is 0 Å². The summed E-state index contributed by atoms with van der Waals surface area (Å²) >= 11 is 9.66. The van der Waals surface area contributed by atoms with Gasteiger partial charge < -0.3 is 5.73 Å². The highest BCUT2D eigenvalue weighted by Gasteiger charge is 2.16. The molecule has 0 saturated heterocycles. The summed E-state index contributed by atoms with van der Waals surface area (Å²) in [7, 11) is 0. The van der Waals surface area contributed by atoms with Crippen molar-refractivity contribution in [2.24, 2.45) is 5.73 Å². The summed E-state index contributed by atoms with van der Waals surface area (Å²) in [5.74, 6) is -0.304. The molecule has 0 saturated carbocycles. The predicted octanol–water partition coefficient (Wildman–Crippen LogP) is 5.44. The molecule has 21 heavy (non-hydrogen) atoms. The second-order valence-electron chi connectivity index (χ2n) is 4.83. The maximum atomic E-state index is 13.5. The Morgan fingerprint density at radius 2 is 1.67 bits per heavy atom. The van der Waals surface area contributed by atoms with Crippen LogP contribution in [-0.4, -0.2) is 0 Å². The molecule has 3 aromatic rings. The smallest absolute Gasteiger partial charge is 0.123 e. The van der Waals surface area contributed by atoms with Crippen LogP contribution in [0.3, 0.4) is 0 Å². The molecular formula is C17H12BrClFN. The molecule has 0 aliphatic heterocycles. The van der Waals surface area contributed by atoms with Crippen molar-refractivity contribution in [1.29, 1.82) is 0 Å². The van der Waals surface area contributed by atoms with Crippen LogP contribution in [0.2, 0.25) is 5.02 Å². The first-order valence-electron chi connectivity index (χ1n) is 6.45. The van der Waals surface area contributed by atoms with Gasteiger partial charge in [-0.25, -0.2) is 4.39 Å². The quantitative estimate of drug-likeness (QED) is 0.643. The van der Waals surface area contributed by atoms with Crippen LogP contribution in [0.5, 0.6) is 0 Å². The minimum absolute atomic E-state index is 0.304. The van der Waals surface area contributed by atoms with Gasteiger partial charge in [-0.15, -0.1) is 0 Å². The highest BCUT2D eigenvalue weighted by Crippen LogP contribution is 2.34. The van der Waals surface area contributed by atoms with Gasteiger partial charge in [0.15, 0.2) is 0 Å². The number of halogens is 3. The molecule has 4 heteroatoms. The van der Waals surface area contributed by atoms with Crippen LogP contribution >= 0.6 is 27.5 Å². The van der Waals surface area contributed by atoms with E-state index in [0.29, 0.717) is 10.6 Å². The minimum Gasteiger partial charge on any atom is -0.320 e. The summed E-state index contributed by atoms with van der Waals surface area (Å²) in [4.78, 5) is 0. The van der Waals surface area contributed by atoms with Gasteiger partial charge in [-0.05, 0) is 40.8 Å². The van der Waals surface area contributed by atoms with Crippen molar-refractivity contribution >= 4 is 38.3 Å². The molecule has 0 aliphatic carbocycles. The van der Waals surface area contributed by atoms with Crippen molar-refractivity contribution in [1.82, 2.24) is 0 Å². The lowest BCUT2D eigenvalue weighted by molar-refractivity contribution is 0.623. The lowest BCUT2D eigenvalue weighted by atomic mass is 9.94. The maximum Gasteiger partial charge on any atom is 0.123 e. The first-order valence-corrected chi connectivity index (χ1v) is 7.62. The van der Waals surface area contributed by atoms with Gasteiger partial charge >= 0.3 is 0 Å². The molecule has 3 rings (SSSR count). The highest BCUT2D eigenvalue weighted by molar-refractivity contribution is 9.10. The zero-order chi connectivity index (χ0) is 15.0. The minimum atomic E-state index is -0.433. The van der Waals surface area contributed by atoms with Gasteiger partial charge in [0, 0.05) is 14.9 Å². The molecule has 1 unspecified atom stereocenters. The van der Waals surface area contributed by atoms with E-state index < -0.39 is 6.04 Å². The molecule has 0 spiro atoms. The summed E-state index contributed by atoms with van der Waals surface area (Å²) in [5, 5.41) is 2.60. The van der Waals surface area contributed by atoms with Gasteiger partial charge in [0.05, 0.1) is 6.04 Å². The Morgan fingerprint density at radius 3 is 2.43 bits per heavy atom. The third kappa shape index (κ3) is 2.69. The summed E-state index contributed by atoms with van der Waals surface area (Å²) in [6.07, 6.45) is 0. The van der Waals surface area contributed by atoms with Gasteiger partial charge in [0.1, 0.15) is 5.82 Å². The summed E-state index contributed by atoms with van der Waals surface area (Å²) in [6.45, 7) is 0. The monoisotopic (exact) mass is 363 g/mol. The van der Waals surface area contributed by atoms with E-state index in [9.17, 15) is 4.39 Å². The van der Waals surface area contributed by atoms with Gasteiger partial charge in [-0.1, -0.05) is 57.9 Å². The number of rotatable bonds is 2. The largest absolute Gasteiger partial charge is 0.320 e. The van der Waals surface area contributed by atoms with Gasteiger partial charge in [0.25, 0.3) is 0 Å². The number of benzene rings is 3. The van der Waals surface area contributed by atoms with Gasteiger partial charge in [-0.2, -0.15) is 0 Å². The lowest BCUT2D eigenvalue weighted by Gasteiger charge is -2.17. The Bertz CT molecular complexity index is 819. The van der Waals surface area contributed by atoms with Crippen LogP contribution in [-0.2, 0) is 0 Å². The van der Waals surface area contributed by atoms with Crippen molar-refractivity contribution in [3.05, 3.63) is 81.0 Å². The molecule has 0 fully saturated rings. The normalized spacial score (nSPS) is 12.6. The van der Waals surface area contributed by atoms with E-state index in [0.717, 1.165) is 20.8 Å². The number of hydrogen-bond acceptors (Lipinski definition) is 1. The highest BCUT2D eigenvalue weighted by atomic mass is 79.9. The van der Waals surface area contributed by atoms with E-state index in [-0.39, 0.29) is 5.82 Å². The van der Waals surface area contributed by atoms with Crippen LogP contribution < -0.4 is 5.73 Å². The van der Waals surface area contributed by atoms with Crippen LogP contribution in [0.15, 0.2) is 59.1 Å². The van der Waals surface area contributed by atoms with E-state index in [1.54, 1.807) is 6.07 Å². The van der Waals surface area contributed by atoms with Crippen molar-refractivity contribution in [3.63, 3.8) is 0 Å². The Morgan fingerprint density at radius 1 is 0.952 bits per heavy atom. The van der Waals surface area contributed by atoms with Crippen molar-refractivity contribution in [2.45, 2.75) is 6.04 Å². The molecule has 106 valence electrons. The van der Waals surface area contributed by atoms with E-state index in [2.05, 4.69) is 15.9 Å². The Balaban J connectivity index is 2.20. The number of nitrogens with two attached hydrogens (primary N) is 1. The van der Waals surface area contributed by atoms with Crippen LogP contribution in [0.25, 0.3) is 10.8 Å². The average Bonchev–Trinajstić information content (AvgIpc) is 2.50. The molecule has 2 N–H and O–H groups in total. The molecule has 0 radical (unpaired) electrons. The Kier molecular flexibility index (Phi) is 3.98. The molecule has 3 aromatic carbocycles. The standard InChI is InChI=1S/C17H12BrClFN/c18-15-7-5-10(20)9-14(15)17(21)13-6-8-16(19)12-4-2-1-3-11(12)13/h1-9,17H,21H2. The van der Waals surface area contributed by atoms with Crippen molar-refractivity contribution in [2.75, 3.05) is 0 Å². The molecule has 0 aliphatic rings. The molecule has 0 bridgehead atoms. The lowest BCUT2D eigenvalue weighted by Crippen LogP contribution is -2.13. The fourth-order valence-corrected chi connectivity index (χ4v) is 3.20. The molecule has 1 atom stereocenters. The molecule has 0 amide bonds. The average molecular weight is 365 g/mol. The SMILES string of the molecule is NC(c1cc(F)ccc1Br)c1ccc(Cl)c2ccccc12. The topological polar surface area (TPSA) is 26.0 Å². The maximum absolute atomic E-state index is 13.5. The predicted molar refractivity (Wildman–Crippen MR) is 89.1 cm³/mol. The van der Waals surface area contributed by atoms with Crippen LogP contribution in [0, 0.1) is 5.82 Å². The zero-order valence-corrected chi connectivity index (χ0v) is 13.3. The fraction of sp³-hybridized carbons (Fsp3) is 0.0588. The van der Waals surface area contributed by atoms with E-state index in [1.165, 1.54) is 12.1 Å². The first-order chi connectivity index (χ1) is 10.1.